The van der Waals surface area contributed by atoms with Crippen molar-refractivity contribution in [1.82, 2.24) is 24.8 Å². The van der Waals surface area contributed by atoms with Crippen LogP contribution >= 0.6 is 0 Å². The van der Waals surface area contributed by atoms with Crippen LogP contribution in [0.4, 0.5) is 0 Å². The third-order valence-electron chi connectivity index (χ3n) is 8.25. The molecule has 0 N–H and O–H groups in total. The zero-order valence-electron chi connectivity index (χ0n) is 22.8. The average Bonchev–Trinajstić information content (AvgIpc) is 3.42. The minimum Gasteiger partial charge on any atom is -0.490 e. The van der Waals surface area contributed by atoms with E-state index in [2.05, 4.69) is 52.7 Å². The number of hydrogen-bond acceptors (Lipinski definition) is 6. The van der Waals surface area contributed by atoms with Crippen molar-refractivity contribution in [1.29, 1.82) is 0 Å². The molecular weight excluding hydrogens is 490 g/mol. The van der Waals surface area contributed by atoms with E-state index in [1.165, 1.54) is 39.2 Å². The van der Waals surface area contributed by atoms with Gasteiger partial charge in [0.05, 0.1) is 36.5 Å². The largest absolute Gasteiger partial charge is 0.490 e. The smallest absolute Gasteiger partial charge is 0.341 e. The second-order valence-electron chi connectivity index (χ2n) is 10.9. The number of ether oxygens (including phenoxy) is 2. The summed E-state index contributed by atoms with van der Waals surface area (Å²) in [5, 5.41) is 13.0. The molecule has 6 rings (SSSR count). The summed E-state index contributed by atoms with van der Waals surface area (Å²) in [5.41, 5.74) is 5.31. The van der Waals surface area contributed by atoms with Gasteiger partial charge in [0.15, 0.2) is 0 Å². The van der Waals surface area contributed by atoms with Gasteiger partial charge in [-0.25, -0.2) is 9.48 Å². The van der Waals surface area contributed by atoms with E-state index in [1.54, 1.807) is 10.9 Å². The lowest BCUT2D eigenvalue weighted by Crippen LogP contribution is -2.25. The normalized spacial score (nSPS) is 20.0. The van der Waals surface area contributed by atoms with E-state index in [9.17, 15) is 4.79 Å². The average molecular weight is 526 g/mol. The Balaban J connectivity index is 1.29. The highest BCUT2D eigenvalue weighted by Crippen LogP contribution is 2.55. The molecule has 2 aliphatic carbocycles. The lowest BCUT2D eigenvalue weighted by Gasteiger charge is -2.28. The Hall–Kier alpha value is -3.94. The summed E-state index contributed by atoms with van der Waals surface area (Å²) in [7, 11) is 3.27. The number of rotatable bonds is 8. The summed E-state index contributed by atoms with van der Waals surface area (Å²) in [6.45, 7) is 2.20. The number of methoxy groups -OCH3 is 1. The first-order chi connectivity index (χ1) is 19.0. The number of aromatic nitrogens is 5. The van der Waals surface area contributed by atoms with Gasteiger partial charge in [-0.1, -0.05) is 48.7 Å². The molecule has 0 radical (unpaired) electrons. The van der Waals surface area contributed by atoms with Crippen molar-refractivity contribution < 1.29 is 14.3 Å². The van der Waals surface area contributed by atoms with Crippen LogP contribution in [-0.4, -0.2) is 44.0 Å². The van der Waals surface area contributed by atoms with Crippen molar-refractivity contribution in [3.8, 4) is 22.6 Å². The second kappa shape index (κ2) is 10.7. The molecule has 8 heteroatoms. The molecule has 2 fully saturated rings. The fourth-order valence-electron chi connectivity index (χ4n) is 6.03. The van der Waals surface area contributed by atoms with Gasteiger partial charge in [-0.15, -0.1) is 5.10 Å². The zero-order chi connectivity index (χ0) is 26.9. The van der Waals surface area contributed by atoms with Crippen molar-refractivity contribution in [2.24, 2.45) is 13.0 Å². The monoisotopic (exact) mass is 525 g/mol. The maximum atomic E-state index is 12.7. The minimum absolute atomic E-state index is 0.111. The van der Waals surface area contributed by atoms with Gasteiger partial charge in [0, 0.05) is 25.1 Å². The van der Waals surface area contributed by atoms with Crippen LogP contribution < -0.4 is 4.74 Å². The van der Waals surface area contributed by atoms with Crippen LogP contribution in [0.15, 0.2) is 60.9 Å². The molecule has 1 unspecified atom stereocenters. The van der Waals surface area contributed by atoms with E-state index in [1.807, 2.05) is 36.1 Å². The van der Waals surface area contributed by atoms with Gasteiger partial charge >= 0.3 is 5.97 Å². The lowest BCUT2D eigenvalue weighted by molar-refractivity contribution is 0.0599. The van der Waals surface area contributed by atoms with E-state index in [0.717, 1.165) is 40.4 Å². The summed E-state index contributed by atoms with van der Waals surface area (Å²) in [5.74, 6) is 1.45. The van der Waals surface area contributed by atoms with Crippen LogP contribution in [0, 0.1) is 5.92 Å². The highest BCUT2D eigenvalue weighted by atomic mass is 16.5. The van der Waals surface area contributed by atoms with Gasteiger partial charge in [-0.3, -0.25) is 4.68 Å². The van der Waals surface area contributed by atoms with Gasteiger partial charge in [0.25, 0.3) is 0 Å². The van der Waals surface area contributed by atoms with E-state index in [4.69, 9.17) is 9.47 Å². The van der Waals surface area contributed by atoms with Crippen molar-refractivity contribution in [2.75, 3.05) is 7.11 Å². The number of nitrogens with zero attached hydrogens (tertiary/aromatic N) is 5. The Kier molecular flexibility index (Phi) is 6.94. The lowest BCUT2D eigenvalue weighted by atomic mass is 9.86. The fourth-order valence-corrected chi connectivity index (χ4v) is 6.03. The van der Waals surface area contributed by atoms with Gasteiger partial charge in [-0.2, -0.15) is 5.10 Å². The first-order valence-electron chi connectivity index (χ1n) is 13.9. The van der Waals surface area contributed by atoms with Gasteiger partial charge in [0.1, 0.15) is 11.3 Å². The topological polar surface area (TPSA) is 84.1 Å². The molecule has 2 aromatic carbocycles. The summed E-state index contributed by atoms with van der Waals surface area (Å²) in [4.78, 5) is 12.7. The van der Waals surface area contributed by atoms with Gasteiger partial charge in [-0.05, 0) is 67.5 Å². The maximum Gasteiger partial charge on any atom is 0.341 e. The molecule has 0 bridgehead atoms. The first kappa shape index (κ1) is 25.3. The molecule has 202 valence electrons. The molecular formula is C31H35N5O3. The molecule has 0 spiro atoms. The molecule has 0 saturated heterocycles. The molecule has 39 heavy (non-hydrogen) atoms. The highest BCUT2D eigenvalue weighted by Gasteiger charge is 2.46. The van der Waals surface area contributed by atoms with Gasteiger partial charge < -0.3 is 9.47 Å². The SMILES string of the molecule is COC(=O)c1cnn(-c2cccc(-c3cccc(OC(C)C4CCCCC4)c3)c2)c1[C@@H]1C[C@H]1c1cn(C)nn1. The van der Waals surface area contributed by atoms with Crippen LogP contribution in [0.3, 0.4) is 0 Å². The molecule has 3 atom stereocenters. The van der Waals surface area contributed by atoms with Crippen LogP contribution in [0.5, 0.6) is 5.75 Å². The van der Waals surface area contributed by atoms with Crippen LogP contribution in [0.2, 0.25) is 0 Å². The highest BCUT2D eigenvalue weighted by molar-refractivity contribution is 5.91. The van der Waals surface area contributed by atoms with Crippen molar-refractivity contribution >= 4 is 5.97 Å². The minimum atomic E-state index is -0.380. The van der Waals surface area contributed by atoms with Crippen molar-refractivity contribution in [3.05, 3.63) is 77.9 Å². The summed E-state index contributed by atoms with van der Waals surface area (Å²) < 4.78 is 15.1. The predicted octanol–water partition coefficient (Wildman–Crippen LogP) is 6.07. The Bertz CT molecular complexity index is 1470. The molecule has 2 aromatic heterocycles. The number of benzene rings is 2. The Morgan fingerprint density at radius 3 is 2.54 bits per heavy atom. The number of carbonyl (C=O) groups excluding carboxylic acids is 1. The van der Waals surface area contributed by atoms with Gasteiger partial charge in [0.2, 0.25) is 0 Å². The molecule has 2 heterocycles. The summed E-state index contributed by atoms with van der Waals surface area (Å²) in [6.07, 6.45) is 11.1. The maximum absolute atomic E-state index is 12.7. The first-order valence-corrected chi connectivity index (χ1v) is 13.9. The number of carbonyl (C=O) groups is 1. The van der Waals surface area contributed by atoms with Crippen molar-refractivity contribution in [2.45, 2.75) is 63.4 Å². The molecule has 0 aliphatic heterocycles. The fraction of sp³-hybridized carbons (Fsp3) is 0.419. The Labute approximate surface area is 228 Å². The second-order valence-corrected chi connectivity index (χ2v) is 10.9. The quantitative estimate of drug-likeness (QED) is 0.260. The van der Waals surface area contributed by atoms with E-state index >= 15 is 0 Å². The third kappa shape index (κ3) is 5.20. The standard InChI is InChI=1S/C31H35N5O3/c1-20(21-9-5-4-6-10-21)39-25-14-8-12-23(16-25)22-11-7-13-24(15-22)36-30(28(18-32-36)31(37)38-3)27-17-26(27)29-19-35(2)34-33-29/h7-8,11-16,18-21,26-27H,4-6,9-10,17H2,1-3H3/t20?,26-,27-/m1/s1. The van der Waals surface area contributed by atoms with Crippen molar-refractivity contribution in [3.63, 3.8) is 0 Å². The number of aryl methyl sites for hydroxylation is 1. The molecule has 4 aromatic rings. The van der Waals surface area contributed by atoms with E-state index in [0.29, 0.717) is 11.5 Å². The van der Waals surface area contributed by atoms with Crippen LogP contribution in [0.1, 0.15) is 79.0 Å². The summed E-state index contributed by atoms with van der Waals surface area (Å²) in [6, 6.07) is 16.6. The molecule has 8 nitrogen and oxygen atoms in total. The molecule has 2 aliphatic rings. The van der Waals surface area contributed by atoms with E-state index < -0.39 is 0 Å². The molecule has 2 saturated carbocycles. The molecule has 0 amide bonds. The Morgan fingerprint density at radius 2 is 1.79 bits per heavy atom. The number of esters is 1. The summed E-state index contributed by atoms with van der Waals surface area (Å²) >= 11 is 0. The zero-order valence-corrected chi connectivity index (χ0v) is 22.8. The Morgan fingerprint density at radius 1 is 1.03 bits per heavy atom. The van der Waals surface area contributed by atoms with Crippen LogP contribution in [-0.2, 0) is 11.8 Å². The predicted molar refractivity (Wildman–Crippen MR) is 148 cm³/mol. The number of hydrogen-bond donors (Lipinski definition) is 0. The third-order valence-corrected chi connectivity index (χ3v) is 8.25. The van der Waals surface area contributed by atoms with E-state index in [-0.39, 0.29) is 23.9 Å². The van der Waals surface area contributed by atoms with Crippen LogP contribution in [0.25, 0.3) is 16.8 Å².